The van der Waals surface area contributed by atoms with Gasteiger partial charge >= 0.3 is 5.69 Å². The smallest absolute Gasteiger partial charge is 0.333 e. The topological polar surface area (TPSA) is 127 Å². The Morgan fingerprint density at radius 1 is 1.00 bits per heavy atom. The largest absolute Gasteiger partial charge is 0.396 e. The van der Waals surface area contributed by atoms with Crippen LogP contribution in [0.3, 0.4) is 0 Å². The predicted molar refractivity (Wildman–Crippen MR) is 115 cm³/mol. The molecule has 168 valence electrons. The number of aliphatic hydroxyl groups excluding tert-OH is 3. The molecule has 3 heterocycles. The van der Waals surface area contributed by atoms with Crippen molar-refractivity contribution in [3.05, 3.63) is 98.6 Å². The van der Waals surface area contributed by atoms with E-state index in [4.69, 9.17) is 9.84 Å². The summed E-state index contributed by atoms with van der Waals surface area (Å²) in [5.41, 5.74) is 1.47. The van der Waals surface area contributed by atoms with Gasteiger partial charge in [-0.05, 0) is 36.1 Å². The van der Waals surface area contributed by atoms with E-state index in [0.29, 0.717) is 12.1 Å². The van der Waals surface area contributed by atoms with Gasteiger partial charge in [0.1, 0.15) is 12.2 Å². The van der Waals surface area contributed by atoms with Gasteiger partial charge in [-0.1, -0.05) is 30.3 Å². The second-order valence-electron chi connectivity index (χ2n) is 7.81. The standard InChI is InChI=1S/C23H25N3O6/c27-11-8-18-20(29)21(30)22(32-18)25-10-7-19(28)26(23(25)31)14-17-13-16(6-9-24-17)12-15-4-2-1-3-5-15/h1-7,9-10,13,18,20-22,27,29-30H,8,11-12,14H2. The first kappa shape index (κ1) is 22.1. The molecule has 3 N–H and O–H groups in total. The number of pyridine rings is 1. The van der Waals surface area contributed by atoms with Crippen LogP contribution >= 0.6 is 0 Å². The lowest BCUT2D eigenvalue weighted by molar-refractivity contribution is -0.0458. The fourth-order valence-corrected chi connectivity index (χ4v) is 3.91. The Bertz CT molecular complexity index is 1180. The summed E-state index contributed by atoms with van der Waals surface area (Å²) in [6, 6.07) is 14.8. The summed E-state index contributed by atoms with van der Waals surface area (Å²) >= 11 is 0. The molecule has 4 rings (SSSR count). The van der Waals surface area contributed by atoms with E-state index < -0.39 is 35.8 Å². The first-order chi connectivity index (χ1) is 15.5. The molecule has 0 amide bonds. The Hall–Kier alpha value is -3.11. The molecular formula is C23H25N3O6. The van der Waals surface area contributed by atoms with Crippen molar-refractivity contribution in [1.82, 2.24) is 14.1 Å². The van der Waals surface area contributed by atoms with Crippen LogP contribution in [0.2, 0.25) is 0 Å². The van der Waals surface area contributed by atoms with Crippen molar-refractivity contribution in [3.8, 4) is 0 Å². The summed E-state index contributed by atoms with van der Waals surface area (Å²) in [4.78, 5) is 29.8. The molecule has 1 aliphatic rings. The third-order valence-corrected chi connectivity index (χ3v) is 5.57. The van der Waals surface area contributed by atoms with Gasteiger partial charge in [-0.25, -0.2) is 4.79 Å². The molecule has 0 aliphatic carbocycles. The van der Waals surface area contributed by atoms with Crippen LogP contribution in [0.5, 0.6) is 0 Å². The van der Waals surface area contributed by atoms with Gasteiger partial charge in [0.2, 0.25) is 0 Å². The molecule has 32 heavy (non-hydrogen) atoms. The van der Waals surface area contributed by atoms with E-state index in [2.05, 4.69) is 4.98 Å². The quantitative estimate of drug-likeness (QED) is 0.475. The Morgan fingerprint density at radius 3 is 2.53 bits per heavy atom. The normalized spacial score (nSPS) is 22.8. The summed E-state index contributed by atoms with van der Waals surface area (Å²) in [7, 11) is 0. The van der Waals surface area contributed by atoms with E-state index in [0.717, 1.165) is 20.3 Å². The summed E-state index contributed by atoms with van der Waals surface area (Å²) < 4.78 is 7.69. The summed E-state index contributed by atoms with van der Waals surface area (Å²) in [5, 5.41) is 29.6. The van der Waals surface area contributed by atoms with Gasteiger partial charge in [0.25, 0.3) is 5.56 Å². The minimum Gasteiger partial charge on any atom is -0.396 e. The van der Waals surface area contributed by atoms with Crippen LogP contribution in [-0.2, 0) is 17.7 Å². The second-order valence-corrected chi connectivity index (χ2v) is 7.81. The Balaban J connectivity index is 1.60. The van der Waals surface area contributed by atoms with Crippen LogP contribution in [0, 0.1) is 0 Å². The van der Waals surface area contributed by atoms with Crippen LogP contribution in [0.4, 0.5) is 0 Å². The second kappa shape index (κ2) is 9.58. The predicted octanol–water partition coefficient (Wildman–Crippen LogP) is 0.0457. The van der Waals surface area contributed by atoms with E-state index in [1.165, 1.54) is 12.3 Å². The number of ether oxygens (including phenoxy) is 1. The zero-order valence-corrected chi connectivity index (χ0v) is 17.3. The molecule has 1 aliphatic heterocycles. The summed E-state index contributed by atoms with van der Waals surface area (Å²) in [6.45, 7) is -0.285. The van der Waals surface area contributed by atoms with E-state index in [-0.39, 0.29) is 19.6 Å². The van der Waals surface area contributed by atoms with Gasteiger partial charge in [0.15, 0.2) is 6.23 Å². The molecule has 0 bridgehead atoms. The van der Waals surface area contributed by atoms with Gasteiger partial charge in [0.05, 0.1) is 18.3 Å². The molecule has 4 atom stereocenters. The Labute approximate surface area is 183 Å². The maximum absolute atomic E-state index is 13.0. The number of benzene rings is 1. The SMILES string of the molecule is O=c1ccn(C2OC(CCO)C(O)C2O)c(=O)n1Cc1cc(Cc2ccccc2)ccn1. The van der Waals surface area contributed by atoms with Crippen molar-refractivity contribution >= 4 is 0 Å². The highest BCUT2D eigenvalue weighted by Crippen LogP contribution is 2.29. The zero-order chi connectivity index (χ0) is 22.7. The fraction of sp³-hybridized carbons (Fsp3) is 0.348. The monoisotopic (exact) mass is 439 g/mol. The molecule has 1 saturated heterocycles. The molecule has 0 spiro atoms. The summed E-state index contributed by atoms with van der Waals surface area (Å²) in [5.74, 6) is 0. The van der Waals surface area contributed by atoms with Crippen LogP contribution in [-0.4, -0.2) is 54.4 Å². The minimum atomic E-state index is -1.37. The number of rotatable bonds is 7. The molecule has 1 aromatic carbocycles. The van der Waals surface area contributed by atoms with Crippen molar-refractivity contribution in [3.63, 3.8) is 0 Å². The van der Waals surface area contributed by atoms with Crippen molar-refractivity contribution in [1.29, 1.82) is 0 Å². The highest BCUT2D eigenvalue weighted by molar-refractivity contribution is 5.26. The first-order valence-electron chi connectivity index (χ1n) is 10.4. The molecule has 0 radical (unpaired) electrons. The zero-order valence-electron chi connectivity index (χ0n) is 17.3. The fourth-order valence-electron chi connectivity index (χ4n) is 3.91. The van der Waals surface area contributed by atoms with Crippen molar-refractivity contribution in [2.75, 3.05) is 6.61 Å². The maximum atomic E-state index is 13.0. The van der Waals surface area contributed by atoms with E-state index in [1.807, 2.05) is 42.5 Å². The molecule has 0 saturated carbocycles. The first-order valence-corrected chi connectivity index (χ1v) is 10.4. The molecule has 4 unspecified atom stereocenters. The molecular weight excluding hydrogens is 414 g/mol. The van der Waals surface area contributed by atoms with Crippen LogP contribution in [0.1, 0.15) is 29.5 Å². The number of nitrogens with zero attached hydrogens (tertiary/aromatic N) is 3. The van der Waals surface area contributed by atoms with E-state index in [1.54, 1.807) is 6.20 Å². The van der Waals surface area contributed by atoms with Crippen molar-refractivity contribution < 1.29 is 20.1 Å². The lowest BCUT2D eigenvalue weighted by Gasteiger charge is -2.18. The van der Waals surface area contributed by atoms with Gasteiger partial charge in [-0.15, -0.1) is 0 Å². The van der Waals surface area contributed by atoms with Crippen LogP contribution < -0.4 is 11.2 Å². The highest BCUT2D eigenvalue weighted by atomic mass is 16.6. The third kappa shape index (κ3) is 4.56. The van der Waals surface area contributed by atoms with Gasteiger partial charge < -0.3 is 20.1 Å². The highest BCUT2D eigenvalue weighted by Gasteiger charge is 2.43. The van der Waals surface area contributed by atoms with E-state index >= 15 is 0 Å². The lowest BCUT2D eigenvalue weighted by Crippen LogP contribution is -2.43. The van der Waals surface area contributed by atoms with Crippen molar-refractivity contribution in [2.45, 2.75) is 43.9 Å². The van der Waals surface area contributed by atoms with Crippen molar-refractivity contribution in [2.24, 2.45) is 0 Å². The lowest BCUT2D eigenvalue weighted by atomic mass is 10.1. The van der Waals surface area contributed by atoms with Crippen LogP contribution in [0.15, 0.2) is 70.5 Å². The average molecular weight is 439 g/mol. The Kier molecular flexibility index (Phi) is 6.61. The van der Waals surface area contributed by atoms with Gasteiger partial charge in [-0.3, -0.25) is 18.9 Å². The van der Waals surface area contributed by atoms with Gasteiger partial charge in [0, 0.05) is 25.1 Å². The maximum Gasteiger partial charge on any atom is 0.333 e. The third-order valence-electron chi connectivity index (χ3n) is 5.57. The molecule has 9 nitrogen and oxygen atoms in total. The van der Waals surface area contributed by atoms with Gasteiger partial charge in [-0.2, -0.15) is 0 Å². The molecule has 1 fully saturated rings. The average Bonchev–Trinajstić information content (AvgIpc) is 3.06. The van der Waals surface area contributed by atoms with Crippen LogP contribution in [0.25, 0.3) is 0 Å². The molecule has 2 aromatic heterocycles. The number of hydrogen-bond acceptors (Lipinski definition) is 7. The molecule has 9 heteroatoms. The Morgan fingerprint density at radius 2 is 1.78 bits per heavy atom. The number of aromatic nitrogens is 3. The summed E-state index contributed by atoms with van der Waals surface area (Å²) in [6.07, 6.45) is -0.930. The van der Waals surface area contributed by atoms with E-state index in [9.17, 15) is 19.8 Å². The minimum absolute atomic E-state index is 0.0490. The number of hydrogen-bond donors (Lipinski definition) is 3. The number of aliphatic hydroxyl groups is 3. The molecule has 3 aromatic rings.